The van der Waals surface area contributed by atoms with Crippen molar-refractivity contribution < 1.29 is 9.18 Å². The van der Waals surface area contributed by atoms with E-state index in [-0.39, 0.29) is 17.3 Å². The van der Waals surface area contributed by atoms with Crippen LogP contribution in [0.3, 0.4) is 0 Å². The molecule has 3 nitrogen and oxygen atoms in total. The Bertz CT molecular complexity index is 479. The topological polar surface area (TPSA) is 32.3 Å². The molecule has 21 heavy (non-hydrogen) atoms. The van der Waals surface area contributed by atoms with Gasteiger partial charge in [-0.1, -0.05) is 31.7 Å². The zero-order valence-corrected chi connectivity index (χ0v) is 13.0. The van der Waals surface area contributed by atoms with Crippen LogP contribution in [0.4, 0.5) is 4.39 Å². The third-order valence-electron chi connectivity index (χ3n) is 4.65. The van der Waals surface area contributed by atoms with Crippen LogP contribution in [0.2, 0.25) is 0 Å². The number of nitrogens with one attached hydrogen (secondary N) is 1. The normalized spacial score (nSPS) is 18.3. The van der Waals surface area contributed by atoms with Crippen molar-refractivity contribution in [2.75, 3.05) is 20.6 Å². The van der Waals surface area contributed by atoms with E-state index in [1.54, 1.807) is 12.1 Å². The first kappa shape index (κ1) is 16.0. The van der Waals surface area contributed by atoms with Crippen molar-refractivity contribution in [2.45, 2.75) is 44.1 Å². The molecular formula is C17H25FN2O. The Balaban J connectivity index is 2.03. The second-order valence-electron chi connectivity index (χ2n) is 6.23. The molecule has 0 spiro atoms. The number of rotatable bonds is 4. The number of hydrogen-bond donors (Lipinski definition) is 1. The molecule has 0 heterocycles. The third-order valence-corrected chi connectivity index (χ3v) is 4.65. The smallest absolute Gasteiger partial charge is 0.251 e. The molecule has 116 valence electrons. The number of carbonyl (C=O) groups excluding carboxylic acids is 1. The fourth-order valence-corrected chi connectivity index (χ4v) is 3.15. The molecule has 1 aromatic carbocycles. The summed E-state index contributed by atoms with van der Waals surface area (Å²) < 4.78 is 13.2. The van der Waals surface area contributed by atoms with E-state index in [1.807, 2.05) is 0 Å². The summed E-state index contributed by atoms with van der Waals surface area (Å²) in [4.78, 5) is 14.4. The summed E-state index contributed by atoms with van der Waals surface area (Å²) in [6, 6.07) is 5.85. The maximum atomic E-state index is 13.2. The number of carbonyl (C=O) groups is 1. The predicted octanol–water partition coefficient (Wildman–Crippen LogP) is 3.21. The van der Waals surface area contributed by atoms with Crippen LogP contribution in [0.15, 0.2) is 24.3 Å². The van der Waals surface area contributed by atoms with Crippen molar-refractivity contribution in [3.8, 4) is 0 Å². The molecule has 0 atom stereocenters. The van der Waals surface area contributed by atoms with Crippen LogP contribution in [-0.2, 0) is 0 Å². The largest absolute Gasteiger partial charge is 0.350 e. The van der Waals surface area contributed by atoms with Crippen LogP contribution < -0.4 is 5.32 Å². The minimum atomic E-state index is -0.376. The molecule has 0 bridgehead atoms. The average Bonchev–Trinajstić information content (AvgIpc) is 2.71. The van der Waals surface area contributed by atoms with Crippen molar-refractivity contribution in [1.82, 2.24) is 10.2 Å². The van der Waals surface area contributed by atoms with Crippen molar-refractivity contribution in [2.24, 2.45) is 0 Å². The number of nitrogens with zero attached hydrogens (tertiary/aromatic N) is 1. The van der Waals surface area contributed by atoms with Crippen molar-refractivity contribution >= 4 is 5.91 Å². The summed E-state index contributed by atoms with van der Waals surface area (Å²) in [5.74, 6) is -0.570. The molecule has 0 saturated heterocycles. The van der Waals surface area contributed by atoms with E-state index >= 15 is 0 Å². The van der Waals surface area contributed by atoms with Crippen LogP contribution in [0, 0.1) is 5.82 Å². The molecule has 0 aromatic heterocycles. The van der Waals surface area contributed by atoms with E-state index in [9.17, 15) is 9.18 Å². The minimum Gasteiger partial charge on any atom is -0.350 e. The fraction of sp³-hybridized carbons (Fsp3) is 0.588. The van der Waals surface area contributed by atoms with Gasteiger partial charge in [0.2, 0.25) is 0 Å². The molecule has 2 rings (SSSR count). The highest BCUT2D eigenvalue weighted by Crippen LogP contribution is 2.30. The van der Waals surface area contributed by atoms with Gasteiger partial charge in [-0.25, -0.2) is 4.39 Å². The van der Waals surface area contributed by atoms with Gasteiger partial charge < -0.3 is 10.2 Å². The Morgan fingerprint density at radius 1 is 1.24 bits per heavy atom. The highest BCUT2D eigenvalue weighted by atomic mass is 19.1. The zero-order valence-electron chi connectivity index (χ0n) is 13.0. The first-order valence-electron chi connectivity index (χ1n) is 7.75. The van der Waals surface area contributed by atoms with E-state index in [2.05, 4.69) is 24.3 Å². The van der Waals surface area contributed by atoms with Gasteiger partial charge in [0.25, 0.3) is 5.91 Å². The lowest BCUT2D eigenvalue weighted by Crippen LogP contribution is -2.52. The van der Waals surface area contributed by atoms with Gasteiger partial charge in [-0.15, -0.1) is 0 Å². The monoisotopic (exact) mass is 292 g/mol. The second-order valence-corrected chi connectivity index (χ2v) is 6.23. The van der Waals surface area contributed by atoms with Gasteiger partial charge in [-0.2, -0.15) is 0 Å². The van der Waals surface area contributed by atoms with Gasteiger partial charge >= 0.3 is 0 Å². The molecule has 0 unspecified atom stereocenters. The highest BCUT2D eigenvalue weighted by molar-refractivity contribution is 5.94. The van der Waals surface area contributed by atoms with Crippen molar-refractivity contribution in [1.29, 1.82) is 0 Å². The van der Waals surface area contributed by atoms with E-state index in [0.29, 0.717) is 12.1 Å². The number of likely N-dealkylation sites (N-methyl/N-ethyl adjacent to an activating group) is 1. The van der Waals surface area contributed by atoms with Gasteiger partial charge in [0, 0.05) is 17.6 Å². The van der Waals surface area contributed by atoms with Gasteiger partial charge in [-0.3, -0.25) is 4.79 Å². The first-order valence-corrected chi connectivity index (χ1v) is 7.75. The van der Waals surface area contributed by atoms with Crippen molar-refractivity contribution in [3.63, 3.8) is 0 Å². The predicted molar refractivity (Wildman–Crippen MR) is 82.9 cm³/mol. The van der Waals surface area contributed by atoms with E-state index < -0.39 is 0 Å². The van der Waals surface area contributed by atoms with Gasteiger partial charge in [-0.05, 0) is 45.1 Å². The third kappa shape index (κ3) is 4.03. The highest BCUT2D eigenvalue weighted by Gasteiger charge is 2.33. The van der Waals surface area contributed by atoms with Crippen LogP contribution in [0.25, 0.3) is 0 Å². The minimum absolute atomic E-state index is 0.0273. The molecule has 1 N–H and O–H groups in total. The Morgan fingerprint density at radius 3 is 2.48 bits per heavy atom. The summed E-state index contributed by atoms with van der Waals surface area (Å²) >= 11 is 0. The maximum absolute atomic E-state index is 13.2. The average molecular weight is 292 g/mol. The summed E-state index contributed by atoms with van der Waals surface area (Å²) in [5.41, 5.74) is 0.414. The molecule has 1 fully saturated rings. The standard InChI is InChI=1S/C17H25FN2O/c1-20(2)17(10-5-3-4-6-11-17)13-19-16(21)14-8-7-9-15(18)12-14/h7-9,12H,3-6,10-11,13H2,1-2H3,(H,19,21). The molecule has 0 radical (unpaired) electrons. The number of halogens is 1. The summed E-state index contributed by atoms with van der Waals surface area (Å²) in [5, 5.41) is 3.00. The second kappa shape index (κ2) is 7.03. The molecule has 1 aromatic rings. The molecular weight excluding hydrogens is 267 g/mol. The van der Waals surface area contributed by atoms with Crippen LogP contribution in [0.1, 0.15) is 48.9 Å². The Morgan fingerprint density at radius 2 is 1.90 bits per heavy atom. The summed E-state index contributed by atoms with van der Waals surface area (Å²) in [6.07, 6.45) is 7.15. The van der Waals surface area contributed by atoms with Crippen LogP contribution in [0.5, 0.6) is 0 Å². The first-order chi connectivity index (χ1) is 10.0. The molecule has 1 aliphatic carbocycles. The molecule has 0 aliphatic heterocycles. The summed E-state index contributed by atoms with van der Waals surface area (Å²) in [7, 11) is 4.17. The SMILES string of the molecule is CN(C)C1(CNC(=O)c2cccc(F)c2)CCCCCC1. The van der Waals surface area contributed by atoms with Crippen LogP contribution >= 0.6 is 0 Å². The van der Waals surface area contributed by atoms with Crippen molar-refractivity contribution in [3.05, 3.63) is 35.6 Å². The van der Waals surface area contributed by atoms with Gasteiger partial charge in [0.1, 0.15) is 5.82 Å². The van der Waals surface area contributed by atoms with E-state index in [0.717, 1.165) is 12.8 Å². The molecule has 1 amide bonds. The number of hydrogen-bond acceptors (Lipinski definition) is 2. The Labute approximate surface area is 126 Å². The molecule has 1 saturated carbocycles. The van der Waals surface area contributed by atoms with Gasteiger partial charge in [0.15, 0.2) is 0 Å². The number of amides is 1. The summed E-state index contributed by atoms with van der Waals surface area (Å²) in [6.45, 7) is 0.620. The lowest BCUT2D eigenvalue weighted by molar-refractivity contribution is 0.0868. The zero-order chi connectivity index (χ0) is 15.3. The van der Waals surface area contributed by atoms with E-state index in [4.69, 9.17) is 0 Å². The Kier molecular flexibility index (Phi) is 5.34. The molecule has 1 aliphatic rings. The van der Waals surface area contributed by atoms with E-state index in [1.165, 1.54) is 37.8 Å². The lowest BCUT2D eigenvalue weighted by atomic mass is 9.88. The molecule has 4 heteroatoms. The lowest BCUT2D eigenvalue weighted by Gasteiger charge is -2.39. The maximum Gasteiger partial charge on any atom is 0.251 e. The number of benzene rings is 1. The quantitative estimate of drug-likeness (QED) is 0.864. The Hall–Kier alpha value is -1.42. The fourth-order valence-electron chi connectivity index (χ4n) is 3.15. The van der Waals surface area contributed by atoms with Gasteiger partial charge in [0.05, 0.1) is 0 Å². The van der Waals surface area contributed by atoms with Crippen LogP contribution in [-0.4, -0.2) is 37.0 Å².